The van der Waals surface area contributed by atoms with Crippen LogP contribution in [0.1, 0.15) is 51.2 Å². The minimum Gasteiger partial charge on any atom is -0.351 e. The summed E-state index contributed by atoms with van der Waals surface area (Å²) < 4.78 is 0. The van der Waals surface area contributed by atoms with Crippen LogP contribution in [-0.4, -0.2) is 18.5 Å². The summed E-state index contributed by atoms with van der Waals surface area (Å²) in [5.41, 5.74) is 2.65. The van der Waals surface area contributed by atoms with Gasteiger partial charge in [0.2, 0.25) is 5.91 Å². The lowest BCUT2D eigenvalue weighted by Gasteiger charge is -2.22. The monoisotopic (exact) mass is 310 g/mol. The Hall–Kier alpha value is -1.06. The van der Waals surface area contributed by atoms with E-state index in [4.69, 9.17) is 0 Å². The topological polar surface area (TPSA) is 41.1 Å². The number of carbonyl (C=O) groups excluding carboxylic acids is 1. The van der Waals surface area contributed by atoms with E-state index in [1.54, 1.807) is 0 Å². The van der Waals surface area contributed by atoms with Crippen LogP contribution in [-0.2, 0) is 16.8 Å². The molecule has 1 amide bonds. The Kier molecular flexibility index (Phi) is 6.69. The van der Waals surface area contributed by atoms with Crippen molar-refractivity contribution in [1.82, 2.24) is 10.6 Å². The highest BCUT2D eigenvalue weighted by molar-refractivity contribution is 5.85. The molecular formula is C17H27ClN2O. The SMILES string of the molecule is CC(C)(C)c1ccc(CNC(=O)C2CCCCN2)cc1.Cl. The molecule has 0 aromatic heterocycles. The summed E-state index contributed by atoms with van der Waals surface area (Å²) in [6.45, 7) is 8.19. The summed E-state index contributed by atoms with van der Waals surface area (Å²) in [5, 5.41) is 6.30. The van der Waals surface area contributed by atoms with Gasteiger partial charge in [0.15, 0.2) is 0 Å². The van der Waals surface area contributed by atoms with E-state index in [9.17, 15) is 4.79 Å². The van der Waals surface area contributed by atoms with Crippen molar-refractivity contribution in [3.63, 3.8) is 0 Å². The highest BCUT2D eigenvalue weighted by Gasteiger charge is 2.20. The molecule has 3 nitrogen and oxygen atoms in total. The number of hydrogen-bond acceptors (Lipinski definition) is 2. The van der Waals surface area contributed by atoms with Crippen LogP contribution < -0.4 is 10.6 Å². The molecule has 1 unspecified atom stereocenters. The van der Waals surface area contributed by atoms with Gasteiger partial charge in [-0.15, -0.1) is 12.4 Å². The first kappa shape index (κ1) is 18.0. The van der Waals surface area contributed by atoms with E-state index in [0.29, 0.717) is 6.54 Å². The first-order chi connectivity index (χ1) is 9.47. The third-order valence-corrected chi connectivity index (χ3v) is 3.91. The van der Waals surface area contributed by atoms with E-state index in [2.05, 4.69) is 55.7 Å². The molecule has 1 atom stereocenters. The molecule has 1 aliphatic heterocycles. The zero-order chi connectivity index (χ0) is 14.6. The van der Waals surface area contributed by atoms with Gasteiger partial charge >= 0.3 is 0 Å². The number of carbonyl (C=O) groups is 1. The zero-order valence-corrected chi connectivity index (χ0v) is 14.1. The van der Waals surface area contributed by atoms with Crippen molar-refractivity contribution >= 4 is 18.3 Å². The van der Waals surface area contributed by atoms with Gasteiger partial charge in [0, 0.05) is 6.54 Å². The average molecular weight is 311 g/mol. The van der Waals surface area contributed by atoms with Gasteiger partial charge in [-0.3, -0.25) is 4.79 Å². The molecule has 1 saturated heterocycles. The average Bonchev–Trinajstić information content (AvgIpc) is 2.45. The maximum atomic E-state index is 12.0. The molecule has 0 radical (unpaired) electrons. The van der Waals surface area contributed by atoms with Gasteiger partial charge in [0.05, 0.1) is 6.04 Å². The van der Waals surface area contributed by atoms with Crippen LogP contribution in [0.5, 0.6) is 0 Å². The molecule has 21 heavy (non-hydrogen) atoms. The van der Waals surface area contributed by atoms with Gasteiger partial charge in [-0.2, -0.15) is 0 Å². The smallest absolute Gasteiger partial charge is 0.237 e. The van der Waals surface area contributed by atoms with E-state index in [0.717, 1.165) is 24.9 Å². The van der Waals surface area contributed by atoms with Crippen molar-refractivity contribution in [2.24, 2.45) is 0 Å². The van der Waals surface area contributed by atoms with Crippen molar-refractivity contribution in [3.8, 4) is 0 Å². The summed E-state index contributed by atoms with van der Waals surface area (Å²) in [6, 6.07) is 8.52. The van der Waals surface area contributed by atoms with Crippen LogP contribution in [0, 0.1) is 0 Å². The molecule has 0 aliphatic carbocycles. The molecular weight excluding hydrogens is 284 g/mol. The first-order valence-electron chi connectivity index (χ1n) is 7.57. The van der Waals surface area contributed by atoms with E-state index in [1.165, 1.54) is 12.0 Å². The Bertz CT molecular complexity index is 445. The second-order valence-electron chi connectivity index (χ2n) is 6.67. The Morgan fingerprint density at radius 2 is 1.90 bits per heavy atom. The van der Waals surface area contributed by atoms with Crippen molar-refractivity contribution in [1.29, 1.82) is 0 Å². The Morgan fingerprint density at radius 3 is 2.43 bits per heavy atom. The molecule has 118 valence electrons. The molecule has 0 saturated carbocycles. The maximum Gasteiger partial charge on any atom is 0.237 e. The minimum absolute atomic E-state index is 0. The van der Waals surface area contributed by atoms with E-state index < -0.39 is 0 Å². The van der Waals surface area contributed by atoms with Crippen molar-refractivity contribution < 1.29 is 4.79 Å². The number of piperidine rings is 1. The number of hydrogen-bond donors (Lipinski definition) is 2. The van der Waals surface area contributed by atoms with Crippen LogP contribution in [0.4, 0.5) is 0 Å². The van der Waals surface area contributed by atoms with Gasteiger partial charge in [0.25, 0.3) is 0 Å². The summed E-state index contributed by atoms with van der Waals surface area (Å²) in [7, 11) is 0. The molecule has 2 N–H and O–H groups in total. The lowest BCUT2D eigenvalue weighted by Crippen LogP contribution is -2.46. The first-order valence-corrected chi connectivity index (χ1v) is 7.57. The van der Waals surface area contributed by atoms with E-state index in [1.807, 2.05) is 0 Å². The summed E-state index contributed by atoms with van der Waals surface area (Å²) in [6.07, 6.45) is 3.28. The van der Waals surface area contributed by atoms with Crippen LogP contribution in [0.3, 0.4) is 0 Å². The van der Waals surface area contributed by atoms with Gasteiger partial charge in [-0.05, 0) is 35.9 Å². The molecule has 0 bridgehead atoms. The number of halogens is 1. The molecule has 1 aromatic rings. The van der Waals surface area contributed by atoms with Crippen molar-refractivity contribution in [2.45, 2.75) is 58.0 Å². The zero-order valence-electron chi connectivity index (χ0n) is 13.2. The highest BCUT2D eigenvalue weighted by Crippen LogP contribution is 2.22. The molecule has 2 rings (SSSR count). The van der Waals surface area contributed by atoms with Crippen LogP contribution in [0.25, 0.3) is 0 Å². The lowest BCUT2D eigenvalue weighted by atomic mass is 9.87. The molecule has 1 aromatic carbocycles. The largest absolute Gasteiger partial charge is 0.351 e. The van der Waals surface area contributed by atoms with Gasteiger partial charge in [-0.25, -0.2) is 0 Å². The molecule has 1 aliphatic rings. The maximum absolute atomic E-state index is 12.0. The number of nitrogens with one attached hydrogen (secondary N) is 2. The fourth-order valence-electron chi connectivity index (χ4n) is 2.51. The normalized spacial score (nSPS) is 18.7. The minimum atomic E-state index is -0.00222. The van der Waals surface area contributed by atoms with Crippen molar-refractivity contribution in [3.05, 3.63) is 35.4 Å². The van der Waals surface area contributed by atoms with E-state index in [-0.39, 0.29) is 29.8 Å². The van der Waals surface area contributed by atoms with Gasteiger partial charge in [0.1, 0.15) is 0 Å². The summed E-state index contributed by atoms with van der Waals surface area (Å²) in [5.74, 6) is 0.129. The summed E-state index contributed by atoms with van der Waals surface area (Å²) >= 11 is 0. The van der Waals surface area contributed by atoms with Gasteiger partial charge in [-0.1, -0.05) is 51.5 Å². The fraction of sp³-hybridized carbons (Fsp3) is 0.588. The Balaban J connectivity index is 0.00000220. The molecule has 1 heterocycles. The highest BCUT2D eigenvalue weighted by atomic mass is 35.5. The molecule has 1 fully saturated rings. The predicted molar refractivity (Wildman–Crippen MR) is 89.9 cm³/mol. The summed E-state index contributed by atoms with van der Waals surface area (Å²) in [4.78, 5) is 12.0. The number of amides is 1. The van der Waals surface area contributed by atoms with Crippen LogP contribution in [0.2, 0.25) is 0 Å². The van der Waals surface area contributed by atoms with Crippen LogP contribution in [0.15, 0.2) is 24.3 Å². The fourth-order valence-corrected chi connectivity index (χ4v) is 2.51. The van der Waals surface area contributed by atoms with E-state index >= 15 is 0 Å². The second kappa shape index (κ2) is 7.81. The predicted octanol–water partition coefficient (Wildman–Crippen LogP) is 3.16. The molecule has 4 heteroatoms. The van der Waals surface area contributed by atoms with Crippen molar-refractivity contribution in [2.75, 3.05) is 6.54 Å². The number of benzene rings is 1. The van der Waals surface area contributed by atoms with Crippen LogP contribution >= 0.6 is 12.4 Å². The number of rotatable bonds is 3. The second-order valence-corrected chi connectivity index (χ2v) is 6.67. The lowest BCUT2D eigenvalue weighted by molar-refractivity contribution is -0.123. The third-order valence-electron chi connectivity index (χ3n) is 3.91. The Labute approximate surface area is 134 Å². The standard InChI is InChI=1S/C17H26N2O.ClH/c1-17(2,3)14-9-7-13(8-10-14)12-19-16(20)15-6-4-5-11-18-15;/h7-10,15,18H,4-6,11-12H2,1-3H3,(H,19,20);1H. The quantitative estimate of drug-likeness (QED) is 0.900. The molecule has 0 spiro atoms. The third kappa shape index (κ3) is 5.33. The Morgan fingerprint density at radius 1 is 1.24 bits per heavy atom. The van der Waals surface area contributed by atoms with Gasteiger partial charge < -0.3 is 10.6 Å².